The summed E-state index contributed by atoms with van der Waals surface area (Å²) >= 11 is 3.23. The van der Waals surface area contributed by atoms with Gasteiger partial charge in [0.1, 0.15) is 11.5 Å². The Balaban J connectivity index is 2.21. The zero-order valence-corrected chi connectivity index (χ0v) is 12.7. The molecule has 0 aliphatic rings. The third-order valence-electron chi connectivity index (χ3n) is 2.73. The van der Waals surface area contributed by atoms with Gasteiger partial charge in [-0.05, 0) is 52.3 Å². The van der Waals surface area contributed by atoms with Crippen LogP contribution in [-0.2, 0) is 0 Å². The Labute approximate surface area is 128 Å². The molecule has 114 valence electrons. The van der Waals surface area contributed by atoms with Gasteiger partial charge in [-0.2, -0.15) is 0 Å². The lowest BCUT2D eigenvalue weighted by atomic mass is 10.0. The second kappa shape index (κ2) is 6.53. The SMILES string of the molecule is CCNC(c1ccc(OC(F)(F)F)cc1)c1ccc(Br)o1. The molecule has 1 aromatic carbocycles. The van der Waals surface area contributed by atoms with E-state index in [1.54, 1.807) is 24.3 Å². The van der Waals surface area contributed by atoms with Crippen molar-refractivity contribution < 1.29 is 22.3 Å². The summed E-state index contributed by atoms with van der Waals surface area (Å²) in [5.41, 5.74) is 0.785. The van der Waals surface area contributed by atoms with Crippen LogP contribution in [-0.4, -0.2) is 12.9 Å². The largest absolute Gasteiger partial charge is 0.573 e. The Morgan fingerprint density at radius 3 is 2.33 bits per heavy atom. The minimum atomic E-state index is -4.69. The number of rotatable bonds is 5. The Kier molecular flexibility index (Phi) is 4.95. The third kappa shape index (κ3) is 4.50. The van der Waals surface area contributed by atoms with Crippen molar-refractivity contribution in [3.63, 3.8) is 0 Å². The second-order valence-corrected chi connectivity index (χ2v) is 5.03. The zero-order valence-electron chi connectivity index (χ0n) is 11.1. The van der Waals surface area contributed by atoms with Crippen molar-refractivity contribution in [1.82, 2.24) is 5.32 Å². The quantitative estimate of drug-likeness (QED) is 0.840. The number of alkyl halides is 3. The number of halogens is 4. The number of hydrogen-bond donors (Lipinski definition) is 1. The lowest BCUT2D eigenvalue weighted by Gasteiger charge is -2.16. The molecule has 7 heteroatoms. The van der Waals surface area contributed by atoms with E-state index < -0.39 is 6.36 Å². The molecule has 1 unspecified atom stereocenters. The van der Waals surface area contributed by atoms with Crippen molar-refractivity contribution in [1.29, 1.82) is 0 Å². The van der Waals surface area contributed by atoms with Crippen LogP contribution in [0.4, 0.5) is 13.2 Å². The molecule has 1 aromatic heterocycles. The molecule has 1 N–H and O–H groups in total. The summed E-state index contributed by atoms with van der Waals surface area (Å²) < 4.78 is 46.4. The summed E-state index contributed by atoms with van der Waals surface area (Å²) in [6.07, 6.45) is -4.69. The molecule has 0 aliphatic heterocycles. The molecule has 1 atom stereocenters. The van der Waals surface area contributed by atoms with Crippen molar-refractivity contribution in [2.75, 3.05) is 6.54 Å². The smallest absolute Gasteiger partial charge is 0.452 e. The number of ether oxygens (including phenoxy) is 1. The highest BCUT2D eigenvalue weighted by molar-refractivity contribution is 9.10. The fraction of sp³-hybridized carbons (Fsp3) is 0.286. The average Bonchev–Trinajstić information content (AvgIpc) is 2.82. The Bertz CT molecular complexity index is 581. The molecule has 0 saturated heterocycles. The Morgan fingerprint density at radius 2 is 1.86 bits per heavy atom. The maximum atomic E-state index is 12.1. The van der Waals surface area contributed by atoms with Crippen LogP contribution in [0, 0.1) is 0 Å². The van der Waals surface area contributed by atoms with Crippen LogP contribution in [0.2, 0.25) is 0 Å². The normalized spacial score (nSPS) is 13.2. The molecule has 2 rings (SSSR count). The number of furan rings is 1. The molecule has 0 radical (unpaired) electrons. The highest BCUT2D eigenvalue weighted by Crippen LogP contribution is 2.29. The molecule has 0 bridgehead atoms. The van der Waals surface area contributed by atoms with E-state index in [9.17, 15) is 13.2 Å². The van der Waals surface area contributed by atoms with Gasteiger partial charge in [0.05, 0.1) is 6.04 Å². The van der Waals surface area contributed by atoms with E-state index in [1.807, 2.05) is 6.92 Å². The van der Waals surface area contributed by atoms with Crippen molar-refractivity contribution in [3.8, 4) is 5.75 Å². The summed E-state index contributed by atoms with van der Waals surface area (Å²) in [5.74, 6) is 0.426. The molecule has 0 amide bonds. The first-order chi connectivity index (χ1) is 9.89. The van der Waals surface area contributed by atoms with Crippen LogP contribution in [0.1, 0.15) is 24.3 Å². The number of nitrogens with one attached hydrogen (secondary N) is 1. The van der Waals surface area contributed by atoms with Crippen LogP contribution >= 0.6 is 15.9 Å². The summed E-state index contributed by atoms with van der Waals surface area (Å²) in [7, 11) is 0. The lowest BCUT2D eigenvalue weighted by Crippen LogP contribution is -2.21. The minimum absolute atomic E-state index is 0.235. The number of hydrogen-bond acceptors (Lipinski definition) is 3. The minimum Gasteiger partial charge on any atom is -0.452 e. The zero-order chi connectivity index (χ0) is 15.5. The van der Waals surface area contributed by atoms with E-state index in [-0.39, 0.29) is 11.8 Å². The van der Waals surface area contributed by atoms with E-state index >= 15 is 0 Å². The summed E-state index contributed by atoms with van der Waals surface area (Å²) in [6.45, 7) is 2.62. The topological polar surface area (TPSA) is 34.4 Å². The van der Waals surface area contributed by atoms with Gasteiger partial charge in [-0.25, -0.2) is 0 Å². The van der Waals surface area contributed by atoms with Crippen LogP contribution in [0.15, 0.2) is 45.5 Å². The first-order valence-electron chi connectivity index (χ1n) is 6.23. The van der Waals surface area contributed by atoms with Gasteiger partial charge in [0, 0.05) is 0 Å². The van der Waals surface area contributed by atoms with Crippen molar-refractivity contribution in [2.45, 2.75) is 19.3 Å². The van der Waals surface area contributed by atoms with Gasteiger partial charge < -0.3 is 14.5 Å². The molecule has 1 heterocycles. The first-order valence-corrected chi connectivity index (χ1v) is 7.02. The predicted octanol–water partition coefficient (Wildman–Crippen LogP) is 4.64. The van der Waals surface area contributed by atoms with E-state index in [0.29, 0.717) is 17.0 Å². The van der Waals surface area contributed by atoms with Gasteiger partial charge in [0.25, 0.3) is 0 Å². The van der Waals surface area contributed by atoms with E-state index in [2.05, 4.69) is 26.0 Å². The molecule has 3 nitrogen and oxygen atoms in total. The van der Waals surface area contributed by atoms with Crippen molar-refractivity contribution >= 4 is 15.9 Å². The Hall–Kier alpha value is -1.47. The number of benzene rings is 1. The van der Waals surface area contributed by atoms with Crippen LogP contribution in [0.3, 0.4) is 0 Å². The standard InChI is InChI=1S/C14H13BrF3NO2/c1-2-19-13(11-7-8-12(15)20-11)9-3-5-10(6-4-9)21-14(16,17)18/h3-8,13,19H,2H2,1H3. The molecule has 0 aliphatic carbocycles. The van der Waals surface area contributed by atoms with E-state index in [1.165, 1.54) is 12.1 Å². The highest BCUT2D eigenvalue weighted by Gasteiger charge is 2.31. The first kappa shape index (κ1) is 15.9. The van der Waals surface area contributed by atoms with Crippen molar-refractivity contribution in [2.24, 2.45) is 0 Å². The van der Waals surface area contributed by atoms with Crippen LogP contribution in [0.5, 0.6) is 5.75 Å². The summed E-state index contributed by atoms with van der Waals surface area (Å²) in [4.78, 5) is 0. The average molecular weight is 364 g/mol. The summed E-state index contributed by atoms with van der Waals surface area (Å²) in [6, 6.07) is 9.05. The van der Waals surface area contributed by atoms with Gasteiger partial charge in [-0.3, -0.25) is 0 Å². The van der Waals surface area contributed by atoms with Gasteiger partial charge in [0.15, 0.2) is 4.67 Å². The molecular formula is C14H13BrF3NO2. The van der Waals surface area contributed by atoms with E-state index in [4.69, 9.17) is 4.42 Å². The van der Waals surface area contributed by atoms with Crippen LogP contribution in [0.25, 0.3) is 0 Å². The maximum Gasteiger partial charge on any atom is 0.573 e. The fourth-order valence-electron chi connectivity index (χ4n) is 1.93. The lowest BCUT2D eigenvalue weighted by molar-refractivity contribution is -0.274. The van der Waals surface area contributed by atoms with Crippen molar-refractivity contribution in [3.05, 3.63) is 52.4 Å². The summed E-state index contributed by atoms with van der Waals surface area (Å²) in [5, 5.41) is 3.22. The highest BCUT2D eigenvalue weighted by atomic mass is 79.9. The van der Waals surface area contributed by atoms with Gasteiger partial charge in [-0.1, -0.05) is 19.1 Å². The molecular weight excluding hydrogens is 351 g/mol. The molecule has 2 aromatic rings. The molecule has 0 fully saturated rings. The van der Waals surface area contributed by atoms with Gasteiger partial charge in [-0.15, -0.1) is 13.2 Å². The fourth-order valence-corrected chi connectivity index (χ4v) is 2.25. The van der Waals surface area contributed by atoms with Gasteiger partial charge in [0.2, 0.25) is 0 Å². The monoisotopic (exact) mass is 363 g/mol. The van der Waals surface area contributed by atoms with Gasteiger partial charge >= 0.3 is 6.36 Å². The molecule has 21 heavy (non-hydrogen) atoms. The Morgan fingerprint density at radius 1 is 1.19 bits per heavy atom. The van der Waals surface area contributed by atoms with E-state index in [0.717, 1.165) is 5.56 Å². The van der Waals surface area contributed by atoms with Crippen LogP contribution < -0.4 is 10.1 Å². The third-order valence-corrected chi connectivity index (χ3v) is 3.16. The second-order valence-electron chi connectivity index (χ2n) is 4.25. The maximum absolute atomic E-state index is 12.1. The molecule has 0 saturated carbocycles. The molecule has 0 spiro atoms. The predicted molar refractivity (Wildman–Crippen MR) is 75.1 cm³/mol.